The Morgan fingerprint density at radius 3 is 2.63 bits per heavy atom. The fourth-order valence-electron chi connectivity index (χ4n) is 1.64. The molecule has 0 spiro atoms. The molecule has 1 rings (SSSR count). The van der Waals surface area contributed by atoms with Gasteiger partial charge in [0.15, 0.2) is 0 Å². The molecule has 6 heteroatoms. The number of carbonyl (C=O) groups is 2. The molecule has 1 heterocycles. The Labute approximate surface area is 112 Å². The highest BCUT2D eigenvalue weighted by atomic mass is 16.4. The lowest BCUT2D eigenvalue weighted by Gasteiger charge is -2.20. The lowest BCUT2D eigenvalue weighted by Crippen LogP contribution is -2.42. The molecule has 0 saturated heterocycles. The summed E-state index contributed by atoms with van der Waals surface area (Å²) in [5, 5.41) is 11.9. The van der Waals surface area contributed by atoms with Crippen molar-refractivity contribution in [2.24, 2.45) is 0 Å². The van der Waals surface area contributed by atoms with Crippen molar-refractivity contribution in [3.63, 3.8) is 0 Å². The molecule has 0 aliphatic heterocycles. The number of hydrogen-bond donors (Lipinski definition) is 2. The van der Waals surface area contributed by atoms with E-state index < -0.39 is 5.97 Å². The van der Waals surface area contributed by atoms with Crippen molar-refractivity contribution in [1.82, 2.24) is 10.2 Å². The van der Waals surface area contributed by atoms with Gasteiger partial charge in [-0.05, 0) is 26.8 Å². The Hall–Kier alpha value is -1.82. The first-order valence-electron chi connectivity index (χ1n) is 6.17. The van der Waals surface area contributed by atoms with Crippen LogP contribution in [0.5, 0.6) is 0 Å². The van der Waals surface area contributed by atoms with Crippen molar-refractivity contribution in [2.45, 2.75) is 33.4 Å². The van der Waals surface area contributed by atoms with Crippen LogP contribution in [0.2, 0.25) is 0 Å². The normalized spacial score (nSPS) is 12.2. The number of carboxylic acid groups (broad SMARTS) is 1. The Bertz CT molecular complexity index is 467. The number of hydrogen-bond acceptors (Lipinski definition) is 4. The quantitative estimate of drug-likeness (QED) is 0.811. The summed E-state index contributed by atoms with van der Waals surface area (Å²) in [5.74, 6) is -0.626. The SMILES string of the molecule is CCN(C)C(=O)C(C)NCc1cc(C(=O)O)oc1C. The molecule has 1 amide bonds. The Morgan fingerprint density at radius 2 is 2.16 bits per heavy atom. The topological polar surface area (TPSA) is 82.8 Å². The lowest BCUT2D eigenvalue weighted by molar-refractivity contribution is -0.131. The maximum Gasteiger partial charge on any atom is 0.371 e. The van der Waals surface area contributed by atoms with Gasteiger partial charge in [-0.15, -0.1) is 0 Å². The van der Waals surface area contributed by atoms with Gasteiger partial charge in [0.2, 0.25) is 11.7 Å². The summed E-state index contributed by atoms with van der Waals surface area (Å²) in [4.78, 5) is 24.2. The Kier molecular flexibility index (Phi) is 5.11. The summed E-state index contributed by atoms with van der Waals surface area (Å²) < 4.78 is 5.10. The molecule has 0 aliphatic rings. The summed E-state index contributed by atoms with van der Waals surface area (Å²) in [5.41, 5.74) is 0.746. The molecule has 0 radical (unpaired) electrons. The van der Waals surface area contributed by atoms with E-state index in [1.165, 1.54) is 6.07 Å². The highest BCUT2D eigenvalue weighted by Crippen LogP contribution is 2.14. The lowest BCUT2D eigenvalue weighted by atomic mass is 10.2. The molecule has 0 aromatic carbocycles. The van der Waals surface area contributed by atoms with Gasteiger partial charge in [-0.3, -0.25) is 4.79 Å². The van der Waals surface area contributed by atoms with Crippen LogP contribution in [0.15, 0.2) is 10.5 Å². The van der Waals surface area contributed by atoms with Gasteiger partial charge in [-0.25, -0.2) is 4.79 Å². The van der Waals surface area contributed by atoms with Crippen LogP contribution >= 0.6 is 0 Å². The second kappa shape index (κ2) is 6.38. The maximum absolute atomic E-state index is 11.8. The molecule has 1 aromatic heterocycles. The van der Waals surface area contributed by atoms with Gasteiger partial charge in [-0.2, -0.15) is 0 Å². The average molecular weight is 268 g/mol. The van der Waals surface area contributed by atoms with E-state index in [0.29, 0.717) is 18.8 Å². The van der Waals surface area contributed by atoms with Crippen LogP contribution in [0.4, 0.5) is 0 Å². The predicted octanol–water partition coefficient (Wildman–Crippen LogP) is 1.24. The first-order valence-corrected chi connectivity index (χ1v) is 6.17. The van der Waals surface area contributed by atoms with Crippen LogP contribution < -0.4 is 5.32 Å². The second-order valence-electron chi connectivity index (χ2n) is 4.45. The van der Waals surface area contributed by atoms with E-state index >= 15 is 0 Å². The molecule has 1 atom stereocenters. The molecule has 0 bridgehead atoms. The van der Waals surface area contributed by atoms with Crippen molar-refractivity contribution in [3.05, 3.63) is 23.2 Å². The van der Waals surface area contributed by atoms with Gasteiger partial charge in [0.05, 0.1) is 6.04 Å². The molecular formula is C13H20N2O4. The van der Waals surface area contributed by atoms with Crippen molar-refractivity contribution >= 4 is 11.9 Å². The molecule has 106 valence electrons. The summed E-state index contributed by atoms with van der Waals surface area (Å²) >= 11 is 0. The van der Waals surface area contributed by atoms with E-state index in [1.807, 2.05) is 6.92 Å². The maximum atomic E-state index is 11.8. The van der Waals surface area contributed by atoms with Crippen LogP contribution in [0.3, 0.4) is 0 Å². The minimum atomic E-state index is -1.09. The van der Waals surface area contributed by atoms with Gasteiger partial charge in [-0.1, -0.05) is 0 Å². The van der Waals surface area contributed by atoms with Crippen LogP contribution in [-0.4, -0.2) is 41.5 Å². The van der Waals surface area contributed by atoms with Crippen molar-refractivity contribution in [2.75, 3.05) is 13.6 Å². The molecule has 0 fully saturated rings. The van der Waals surface area contributed by atoms with E-state index in [2.05, 4.69) is 5.32 Å². The molecule has 2 N–H and O–H groups in total. The number of nitrogens with one attached hydrogen (secondary N) is 1. The average Bonchev–Trinajstić information content (AvgIpc) is 2.75. The Balaban J connectivity index is 2.62. The first-order chi connectivity index (χ1) is 8.86. The standard InChI is InChI=1S/C13H20N2O4/c1-5-15(4)12(16)8(2)14-7-10-6-11(13(17)18)19-9(10)3/h6,8,14H,5,7H2,1-4H3,(H,17,18). The number of rotatable bonds is 6. The zero-order valence-corrected chi connectivity index (χ0v) is 11.7. The van der Waals surface area contributed by atoms with Crippen LogP contribution in [0.1, 0.15) is 35.7 Å². The van der Waals surface area contributed by atoms with E-state index in [9.17, 15) is 9.59 Å². The fraction of sp³-hybridized carbons (Fsp3) is 0.538. The molecule has 6 nitrogen and oxygen atoms in total. The van der Waals surface area contributed by atoms with Crippen molar-refractivity contribution < 1.29 is 19.1 Å². The largest absolute Gasteiger partial charge is 0.475 e. The third kappa shape index (κ3) is 3.82. The number of carboxylic acids is 1. The summed E-state index contributed by atoms with van der Waals surface area (Å²) in [6, 6.07) is 1.15. The number of likely N-dealkylation sites (N-methyl/N-ethyl adjacent to an activating group) is 1. The fourth-order valence-corrected chi connectivity index (χ4v) is 1.64. The van der Waals surface area contributed by atoms with Gasteiger partial charge >= 0.3 is 5.97 Å². The van der Waals surface area contributed by atoms with Crippen molar-refractivity contribution in [3.8, 4) is 0 Å². The van der Waals surface area contributed by atoms with E-state index in [1.54, 1.807) is 25.8 Å². The van der Waals surface area contributed by atoms with Gasteiger partial charge in [0, 0.05) is 25.7 Å². The minimum Gasteiger partial charge on any atom is -0.475 e. The summed E-state index contributed by atoms with van der Waals surface area (Å²) in [7, 11) is 1.74. The van der Waals surface area contributed by atoms with Gasteiger partial charge in [0.25, 0.3) is 0 Å². The first kappa shape index (κ1) is 15.2. The highest BCUT2D eigenvalue weighted by molar-refractivity contribution is 5.84. The number of aryl methyl sites for hydroxylation is 1. The molecule has 0 saturated carbocycles. The predicted molar refractivity (Wildman–Crippen MR) is 70.0 cm³/mol. The zero-order chi connectivity index (χ0) is 14.6. The Morgan fingerprint density at radius 1 is 1.53 bits per heavy atom. The molecule has 1 aromatic rings. The molecular weight excluding hydrogens is 248 g/mol. The third-order valence-corrected chi connectivity index (χ3v) is 3.05. The minimum absolute atomic E-state index is 0.00195. The number of furan rings is 1. The molecule has 0 aliphatic carbocycles. The number of carbonyl (C=O) groups excluding carboxylic acids is 1. The van der Waals surface area contributed by atoms with Crippen LogP contribution in [0, 0.1) is 6.92 Å². The van der Waals surface area contributed by atoms with E-state index in [4.69, 9.17) is 9.52 Å². The third-order valence-electron chi connectivity index (χ3n) is 3.05. The monoisotopic (exact) mass is 268 g/mol. The molecule has 1 unspecified atom stereocenters. The number of nitrogens with zero attached hydrogens (tertiary/aromatic N) is 1. The second-order valence-corrected chi connectivity index (χ2v) is 4.45. The van der Waals surface area contributed by atoms with E-state index in [0.717, 1.165) is 5.56 Å². The van der Waals surface area contributed by atoms with Gasteiger partial charge in [0.1, 0.15) is 5.76 Å². The zero-order valence-electron chi connectivity index (χ0n) is 11.7. The number of amides is 1. The van der Waals surface area contributed by atoms with E-state index in [-0.39, 0.29) is 17.7 Å². The highest BCUT2D eigenvalue weighted by Gasteiger charge is 2.18. The van der Waals surface area contributed by atoms with Crippen LogP contribution in [-0.2, 0) is 11.3 Å². The van der Waals surface area contributed by atoms with Gasteiger partial charge < -0.3 is 19.7 Å². The van der Waals surface area contributed by atoms with Crippen molar-refractivity contribution in [1.29, 1.82) is 0 Å². The summed E-state index contributed by atoms with van der Waals surface area (Å²) in [6.07, 6.45) is 0. The summed E-state index contributed by atoms with van der Waals surface area (Å²) in [6.45, 7) is 6.44. The number of aromatic carboxylic acids is 1. The smallest absolute Gasteiger partial charge is 0.371 e. The van der Waals surface area contributed by atoms with Crippen LogP contribution in [0.25, 0.3) is 0 Å². The molecule has 19 heavy (non-hydrogen) atoms.